The fourth-order valence-electron chi connectivity index (χ4n) is 3.78. The van der Waals surface area contributed by atoms with E-state index >= 15 is 0 Å². The summed E-state index contributed by atoms with van der Waals surface area (Å²) in [6.45, 7) is 4.17. The van der Waals surface area contributed by atoms with Crippen LogP contribution in [0.25, 0.3) is 5.65 Å². The lowest BCUT2D eigenvalue weighted by molar-refractivity contribution is -0.131. The molecule has 1 fully saturated rings. The lowest BCUT2D eigenvalue weighted by Crippen LogP contribution is -2.48. The van der Waals surface area contributed by atoms with E-state index in [0.29, 0.717) is 30.8 Å². The fraction of sp³-hybridized carbons (Fsp3) is 0.364. The molecule has 0 radical (unpaired) electrons. The van der Waals surface area contributed by atoms with Crippen LogP contribution in [0, 0.1) is 0 Å². The Hall–Kier alpha value is -3.26. The average Bonchev–Trinajstić information content (AvgIpc) is 3.17. The summed E-state index contributed by atoms with van der Waals surface area (Å²) in [7, 11) is 2.02. The van der Waals surface area contributed by atoms with Gasteiger partial charge >= 0.3 is 0 Å². The van der Waals surface area contributed by atoms with Crippen LogP contribution in [0.3, 0.4) is 0 Å². The van der Waals surface area contributed by atoms with E-state index in [-0.39, 0.29) is 17.9 Å². The van der Waals surface area contributed by atoms with Crippen molar-refractivity contribution in [3.05, 3.63) is 65.6 Å². The van der Waals surface area contributed by atoms with E-state index in [9.17, 15) is 9.59 Å². The van der Waals surface area contributed by atoms with Gasteiger partial charge < -0.3 is 10.2 Å². The van der Waals surface area contributed by atoms with E-state index in [0.717, 1.165) is 18.8 Å². The molecule has 2 amide bonds. The van der Waals surface area contributed by atoms with Crippen molar-refractivity contribution < 1.29 is 9.59 Å². The van der Waals surface area contributed by atoms with Gasteiger partial charge in [0.2, 0.25) is 5.91 Å². The van der Waals surface area contributed by atoms with E-state index < -0.39 is 0 Å². The maximum Gasteiger partial charge on any atom is 0.252 e. The molecule has 1 aliphatic rings. The number of carbonyl (C=O) groups excluding carboxylic acids is 2. The summed E-state index contributed by atoms with van der Waals surface area (Å²) in [5.74, 6) is 0.660. The monoisotopic (exact) mass is 406 g/mol. The summed E-state index contributed by atoms with van der Waals surface area (Å²) in [4.78, 5) is 28.5. The zero-order valence-electron chi connectivity index (χ0n) is 17.3. The minimum absolute atomic E-state index is 0.0559. The van der Waals surface area contributed by atoms with E-state index in [1.54, 1.807) is 25.3 Å². The van der Waals surface area contributed by atoms with Gasteiger partial charge in [-0.2, -0.15) is 0 Å². The third-order valence-corrected chi connectivity index (χ3v) is 5.62. The number of amides is 2. The number of pyridine rings is 1. The van der Waals surface area contributed by atoms with Crippen molar-refractivity contribution in [1.29, 1.82) is 0 Å². The van der Waals surface area contributed by atoms with Crippen LogP contribution in [0.2, 0.25) is 0 Å². The fourth-order valence-corrected chi connectivity index (χ4v) is 3.78. The Morgan fingerprint density at radius 1 is 1.10 bits per heavy atom. The van der Waals surface area contributed by atoms with Gasteiger partial charge in [0, 0.05) is 39.3 Å². The SMILES string of the molecule is CC(=O)N1CCN(C)C(c2nnc3ccc(C(=O)NCCc4ccccc4)cn23)C1. The minimum atomic E-state index is -0.130. The smallest absolute Gasteiger partial charge is 0.252 e. The van der Waals surface area contributed by atoms with Crippen LogP contribution in [0.15, 0.2) is 48.7 Å². The summed E-state index contributed by atoms with van der Waals surface area (Å²) in [5.41, 5.74) is 2.42. The highest BCUT2D eigenvalue weighted by molar-refractivity contribution is 5.94. The highest BCUT2D eigenvalue weighted by Crippen LogP contribution is 2.23. The van der Waals surface area contributed by atoms with E-state index in [4.69, 9.17) is 0 Å². The number of rotatable bonds is 5. The van der Waals surface area contributed by atoms with Gasteiger partial charge in [0.1, 0.15) is 0 Å². The maximum atomic E-state index is 12.7. The normalized spacial score (nSPS) is 17.3. The van der Waals surface area contributed by atoms with Crippen molar-refractivity contribution in [3.63, 3.8) is 0 Å². The molecule has 8 nitrogen and oxygen atoms in total. The molecule has 3 aromatic rings. The molecule has 0 spiro atoms. The number of benzene rings is 1. The molecule has 1 saturated heterocycles. The molecule has 30 heavy (non-hydrogen) atoms. The van der Waals surface area contributed by atoms with Crippen LogP contribution in [0.1, 0.15) is 34.7 Å². The number of fused-ring (bicyclic) bond motifs is 1. The van der Waals surface area contributed by atoms with Gasteiger partial charge in [-0.25, -0.2) is 0 Å². The summed E-state index contributed by atoms with van der Waals surface area (Å²) >= 11 is 0. The molecular weight excluding hydrogens is 380 g/mol. The lowest BCUT2D eigenvalue weighted by atomic mass is 10.1. The average molecular weight is 406 g/mol. The van der Waals surface area contributed by atoms with Crippen LogP contribution in [-0.2, 0) is 11.2 Å². The van der Waals surface area contributed by atoms with E-state index in [1.165, 1.54) is 5.56 Å². The first-order chi connectivity index (χ1) is 14.5. The summed E-state index contributed by atoms with van der Waals surface area (Å²) in [6, 6.07) is 13.6. The molecule has 2 aromatic heterocycles. The molecule has 1 unspecified atom stereocenters. The predicted octanol–water partition coefficient (Wildman–Crippen LogP) is 1.54. The summed E-state index contributed by atoms with van der Waals surface area (Å²) < 4.78 is 1.86. The first-order valence-corrected chi connectivity index (χ1v) is 10.2. The summed E-state index contributed by atoms with van der Waals surface area (Å²) in [6.07, 6.45) is 2.56. The number of piperazine rings is 1. The molecule has 3 heterocycles. The third kappa shape index (κ3) is 4.18. The predicted molar refractivity (Wildman–Crippen MR) is 113 cm³/mol. The quantitative estimate of drug-likeness (QED) is 0.695. The number of aromatic nitrogens is 3. The highest BCUT2D eigenvalue weighted by Gasteiger charge is 2.30. The Kier molecular flexibility index (Phi) is 5.76. The van der Waals surface area contributed by atoms with Crippen LogP contribution in [0.4, 0.5) is 0 Å². The second kappa shape index (κ2) is 8.62. The first kappa shape index (κ1) is 20.0. The maximum absolute atomic E-state index is 12.7. The Balaban J connectivity index is 1.51. The van der Waals surface area contributed by atoms with Crippen LogP contribution >= 0.6 is 0 Å². The number of nitrogens with one attached hydrogen (secondary N) is 1. The molecule has 1 atom stereocenters. The minimum Gasteiger partial charge on any atom is -0.352 e. The van der Waals surface area contributed by atoms with Gasteiger partial charge in [-0.3, -0.25) is 18.9 Å². The number of hydrogen-bond acceptors (Lipinski definition) is 5. The molecule has 0 bridgehead atoms. The second-order valence-electron chi connectivity index (χ2n) is 7.66. The Bertz CT molecular complexity index is 1050. The lowest BCUT2D eigenvalue weighted by Gasteiger charge is -2.38. The zero-order valence-corrected chi connectivity index (χ0v) is 17.3. The molecule has 1 aromatic carbocycles. The Labute approximate surface area is 175 Å². The highest BCUT2D eigenvalue weighted by atomic mass is 16.2. The number of hydrogen-bond donors (Lipinski definition) is 1. The van der Waals surface area contributed by atoms with Crippen molar-refractivity contribution in [2.24, 2.45) is 0 Å². The van der Waals surface area contributed by atoms with Gasteiger partial charge in [-0.05, 0) is 31.2 Å². The van der Waals surface area contributed by atoms with Gasteiger partial charge in [0.25, 0.3) is 5.91 Å². The van der Waals surface area contributed by atoms with Crippen molar-refractivity contribution in [3.8, 4) is 0 Å². The second-order valence-corrected chi connectivity index (χ2v) is 7.66. The van der Waals surface area contributed by atoms with Gasteiger partial charge in [0.05, 0.1) is 11.6 Å². The third-order valence-electron chi connectivity index (χ3n) is 5.62. The standard InChI is InChI=1S/C22H26N6O2/c1-16(29)27-13-12-26(2)19(15-27)21-25-24-20-9-8-18(14-28(20)21)22(30)23-11-10-17-6-4-3-5-7-17/h3-9,14,19H,10-13,15H2,1-2H3,(H,23,30). The largest absolute Gasteiger partial charge is 0.352 e. The van der Waals surface area contributed by atoms with Gasteiger partial charge in [-0.1, -0.05) is 30.3 Å². The molecule has 1 N–H and O–H groups in total. The Morgan fingerprint density at radius 2 is 1.90 bits per heavy atom. The van der Waals surface area contributed by atoms with Crippen LogP contribution in [0.5, 0.6) is 0 Å². The van der Waals surface area contributed by atoms with Crippen molar-refractivity contribution in [2.75, 3.05) is 33.2 Å². The van der Waals surface area contributed by atoms with E-state index in [1.807, 2.05) is 46.7 Å². The van der Waals surface area contributed by atoms with Crippen molar-refractivity contribution >= 4 is 17.5 Å². The number of likely N-dealkylation sites (N-methyl/N-ethyl adjacent to an activating group) is 1. The van der Waals surface area contributed by atoms with E-state index in [2.05, 4.69) is 20.4 Å². The number of carbonyl (C=O) groups is 2. The molecule has 1 aliphatic heterocycles. The molecule has 4 rings (SSSR count). The van der Waals surface area contributed by atoms with Gasteiger partial charge in [-0.15, -0.1) is 10.2 Å². The van der Waals surface area contributed by atoms with Crippen molar-refractivity contribution in [1.82, 2.24) is 29.7 Å². The molecule has 0 saturated carbocycles. The molecule has 156 valence electrons. The number of nitrogens with zero attached hydrogens (tertiary/aromatic N) is 5. The Morgan fingerprint density at radius 3 is 2.67 bits per heavy atom. The molecule has 0 aliphatic carbocycles. The first-order valence-electron chi connectivity index (χ1n) is 10.2. The van der Waals surface area contributed by atoms with Crippen LogP contribution in [-0.4, -0.2) is 69.4 Å². The van der Waals surface area contributed by atoms with Crippen molar-refractivity contribution in [2.45, 2.75) is 19.4 Å². The molecule has 8 heteroatoms. The molecular formula is C22H26N6O2. The van der Waals surface area contributed by atoms with Crippen LogP contribution < -0.4 is 5.32 Å². The zero-order chi connectivity index (χ0) is 21.1. The topological polar surface area (TPSA) is 82.8 Å². The van der Waals surface area contributed by atoms with Gasteiger partial charge in [0.15, 0.2) is 11.5 Å². The summed E-state index contributed by atoms with van der Waals surface area (Å²) in [5, 5.41) is 11.6.